The summed E-state index contributed by atoms with van der Waals surface area (Å²) in [7, 11) is 0. The second kappa shape index (κ2) is 5.03. The number of hydrogen-bond donors (Lipinski definition) is 1. The number of hydrogen-bond acceptors (Lipinski definition) is 1. The fourth-order valence-corrected chi connectivity index (χ4v) is 2.00. The SMILES string of the molecule is CC(=O)Nc1ccc(Br)c(C(F)(F)F)c1C(F)(F)F. The Morgan fingerprint density at radius 1 is 1.05 bits per heavy atom. The third-order valence-electron chi connectivity index (χ3n) is 2.03. The van der Waals surface area contributed by atoms with E-state index >= 15 is 0 Å². The molecule has 0 radical (unpaired) electrons. The normalized spacial score (nSPS) is 12.4. The summed E-state index contributed by atoms with van der Waals surface area (Å²) in [5, 5.41) is 1.74. The average Bonchev–Trinajstić information content (AvgIpc) is 2.15. The lowest BCUT2D eigenvalue weighted by Gasteiger charge is -2.20. The first-order valence-corrected chi connectivity index (χ1v) is 5.48. The number of nitrogens with one attached hydrogen (secondary N) is 1. The molecule has 1 aromatic rings. The van der Waals surface area contributed by atoms with E-state index in [0.717, 1.165) is 19.1 Å². The lowest BCUT2D eigenvalue weighted by molar-refractivity contribution is -0.162. The quantitative estimate of drug-likeness (QED) is 0.746. The molecule has 0 aliphatic rings. The molecule has 0 heterocycles. The van der Waals surface area contributed by atoms with Crippen LogP contribution in [0, 0.1) is 0 Å². The molecular weight excluding hydrogens is 344 g/mol. The molecule has 2 nitrogen and oxygen atoms in total. The Bertz CT molecular complexity index is 508. The van der Waals surface area contributed by atoms with Crippen LogP contribution in [-0.2, 0) is 17.1 Å². The van der Waals surface area contributed by atoms with Crippen LogP contribution in [0.25, 0.3) is 0 Å². The van der Waals surface area contributed by atoms with Crippen LogP contribution in [0.5, 0.6) is 0 Å². The Kier molecular flexibility index (Phi) is 4.18. The van der Waals surface area contributed by atoms with E-state index < -0.39 is 39.5 Å². The zero-order chi connectivity index (χ0) is 15.0. The van der Waals surface area contributed by atoms with Crippen LogP contribution >= 0.6 is 15.9 Å². The third kappa shape index (κ3) is 3.62. The van der Waals surface area contributed by atoms with Crippen molar-refractivity contribution in [2.75, 3.05) is 5.32 Å². The molecule has 0 aliphatic carbocycles. The van der Waals surface area contributed by atoms with Gasteiger partial charge in [0.25, 0.3) is 0 Å². The van der Waals surface area contributed by atoms with Gasteiger partial charge < -0.3 is 5.32 Å². The Morgan fingerprint density at radius 3 is 1.89 bits per heavy atom. The van der Waals surface area contributed by atoms with E-state index in [2.05, 4.69) is 15.9 Å². The van der Waals surface area contributed by atoms with Gasteiger partial charge in [-0.15, -0.1) is 0 Å². The van der Waals surface area contributed by atoms with Gasteiger partial charge in [0.15, 0.2) is 0 Å². The maximum absolute atomic E-state index is 12.8. The molecule has 0 aliphatic heterocycles. The average molecular weight is 350 g/mol. The van der Waals surface area contributed by atoms with Gasteiger partial charge in [-0.25, -0.2) is 0 Å². The van der Waals surface area contributed by atoms with E-state index in [9.17, 15) is 31.1 Å². The molecule has 0 fully saturated rings. The summed E-state index contributed by atoms with van der Waals surface area (Å²) in [5.41, 5.74) is -4.73. The molecule has 0 atom stereocenters. The summed E-state index contributed by atoms with van der Waals surface area (Å²) in [6.07, 6.45) is -10.5. The number of carbonyl (C=O) groups is 1. The molecule has 1 aromatic carbocycles. The highest BCUT2D eigenvalue weighted by atomic mass is 79.9. The number of amides is 1. The molecule has 0 spiro atoms. The van der Waals surface area contributed by atoms with Crippen molar-refractivity contribution in [1.82, 2.24) is 0 Å². The Morgan fingerprint density at radius 2 is 1.53 bits per heavy atom. The number of rotatable bonds is 1. The van der Waals surface area contributed by atoms with Crippen LogP contribution in [0.4, 0.5) is 32.0 Å². The topological polar surface area (TPSA) is 29.1 Å². The van der Waals surface area contributed by atoms with Gasteiger partial charge in [-0.05, 0) is 12.1 Å². The lowest BCUT2D eigenvalue weighted by atomic mass is 10.0. The smallest absolute Gasteiger partial charge is 0.326 e. The van der Waals surface area contributed by atoms with E-state index in [1.54, 1.807) is 5.32 Å². The highest BCUT2D eigenvalue weighted by Crippen LogP contribution is 2.47. The van der Waals surface area contributed by atoms with Crippen molar-refractivity contribution in [3.05, 3.63) is 27.7 Å². The molecule has 0 aromatic heterocycles. The number of anilines is 1. The molecule has 1 rings (SSSR count). The first kappa shape index (κ1) is 15.8. The van der Waals surface area contributed by atoms with E-state index in [-0.39, 0.29) is 0 Å². The Balaban J connectivity index is 3.66. The number of benzene rings is 1. The van der Waals surface area contributed by atoms with Gasteiger partial charge in [0.05, 0.1) is 16.8 Å². The van der Waals surface area contributed by atoms with Crippen molar-refractivity contribution in [2.45, 2.75) is 19.3 Å². The van der Waals surface area contributed by atoms with Crippen molar-refractivity contribution in [3.63, 3.8) is 0 Å². The minimum absolute atomic E-state index is 0.749. The lowest BCUT2D eigenvalue weighted by Crippen LogP contribution is -2.21. The molecule has 0 saturated heterocycles. The predicted octanol–water partition coefficient (Wildman–Crippen LogP) is 4.45. The Hall–Kier alpha value is -1.25. The van der Waals surface area contributed by atoms with Crippen molar-refractivity contribution < 1.29 is 31.1 Å². The molecule has 0 bridgehead atoms. The van der Waals surface area contributed by atoms with Crippen LogP contribution in [0.3, 0.4) is 0 Å². The fourth-order valence-electron chi connectivity index (χ4n) is 1.44. The zero-order valence-corrected chi connectivity index (χ0v) is 10.8. The van der Waals surface area contributed by atoms with E-state index in [4.69, 9.17) is 0 Å². The molecular formula is C10H6BrF6NO. The second-order valence-corrected chi connectivity index (χ2v) is 4.38. The predicted molar refractivity (Wildman–Crippen MR) is 58.4 cm³/mol. The fraction of sp³-hybridized carbons (Fsp3) is 0.300. The van der Waals surface area contributed by atoms with Crippen molar-refractivity contribution in [2.24, 2.45) is 0 Å². The van der Waals surface area contributed by atoms with Crippen LogP contribution in [0.2, 0.25) is 0 Å². The number of carbonyl (C=O) groups excluding carboxylic acids is 1. The monoisotopic (exact) mass is 349 g/mol. The Labute approximate surface area is 111 Å². The highest BCUT2D eigenvalue weighted by Gasteiger charge is 2.46. The van der Waals surface area contributed by atoms with Crippen LogP contribution < -0.4 is 5.32 Å². The van der Waals surface area contributed by atoms with Gasteiger partial charge >= 0.3 is 12.4 Å². The summed E-state index contributed by atoms with van der Waals surface area (Å²) < 4.78 is 75.8. The minimum atomic E-state index is -5.26. The summed E-state index contributed by atoms with van der Waals surface area (Å²) in [5.74, 6) is -0.902. The summed E-state index contributed by atoms with van der Waals surface area (Å²) in [4.78, 5) is 10.8. The van der Waals surface area contributed by atoms with Gasteiger partial charge in [0.2, 0.25) is 5.91 Å². The van der Waals surface area contributed by atoms with Gasteiger partial charge in [0, 0.05) is 11.4 Å². The molecule has 1 amide bonds. The summed E-state index contributed by atoms with van der Waals surface area (Å²) >= 11 is 2.44. The maximum atomic E-state index is 12.8. The first-order chi connectivity index (χ1) is 8.44. The van der Waals surface area contributed by atoms with E-state index in [0.29, 0.717) is 0 Å². The maximum Gasteiger partial charge on any atom is 0.419 e. The molecule has 9 heteroatoms. The second-order valence-electron chi connectivity index (χ2n) is 3.52. The van der Waals surface area contributed by atoms with E-state index in [1.165, 1.54) is 0 Å². The van der Waals surface area contributed by atoms with E-state index in [1.807, 2.05) is 0 Å². The number of alkyl halides is 6. The molecule has 0 unspecified atom stereocenters. The first-order valence-electron chi connectivity index (χ1n) is 4.69. The van der Waals surface area contributed by atoms with Gasteiger partial charge in [-0.3, -0.25) is 4.79 Å². The van der Waals surface area contributed by atoms with Crippen molar-refractivity contribution in [1.29, 1.82) is 0 Å². The molecule has 19 heavy (non-hydrogen) atoms. The standard InChI is InChI=1S/C10H6BrF6NO/c1-4(19)18-6-3-2-5(11)7(9(12,13)14)8(6)10(15,16)17/h2-3H,1H3,(H,18,19). The van der Waals surface area contributed by atoms with Gasteiger partial charge in [0.1, 0.15) is 0 Å². The largest absolute Gasteiger partial charge is 0.419 e. The van der Waals surface area contributed by atoms with Crippen molar-refractivity contribution in [3.8, 4) is 0 Å². The summed E-state index contributed by atoms with van der Waals surface area (Å²) in [6, 6.07) is 1.55. The van der Waals surface area contributed by atoms with Crippen LogP contribution in [0.1, 0.15) is 18.1 Å². The third-order valence-corrected chi connectivity index (χ3v) is 2.69. The van der Waals surface area contributed by atoms with Crippen molar-refractivity contribution >= 4 is 27.5 Å². The molecule has 1 N–H and O–H groups in total. The van der Waals surface area contributed by atoms with Gasteiger partial charge in [-0.2, -0.15) is 26.3 Å². The minimum Gasteiger partial charge on any atom is -0.326 e. The summed E-state index contributed by atoms with van der Waals surface area (Å²) in [6.45, 7) is 0.898. The zero-order valence-electron chi connectivity index (χ0n) is 9.21. The molecule has 106 valence electrons. The van der Waals surface area contributed by atoms with Crippen LogP contribution in [-0.4, -0.2) is 5.91 Å². The van der Waals surface area contributed by atoms with Crippen LogP contribution in [0.15, 0.2) is 16.6 Å². The molecule has 0 saturated carbocycles. The highest BCUT2D eigenvalue weighted by molar-refractivity contribution is 9.10. The van der Waals surface area contributed by atoms with Gasteiger partial charge in [-0.1, -0.05) is 15.9 Å². The number of halogens is 7.